The smallest absolute Gasteiger partial charge is 0.347 e. The fraction of sp³-hybridized carbons (Fsp3) is 0.259. The molecule has 0 saturated carbocycles. The third kappa shape index (κ3) is 5.60. The molecule has 0 saturated heterocycles. The van der Waals surface area contributed by atoms with E-state index in [-0.39, 0.29) is 5.78 Å². The lowest BCUT2D eigenvalue weighted by atomic mass is 9.98. The van der Waals surface area contributed by atoms with Gasteiger partial charge in [-0.25, -0.2) is 4.79 Å². The third-order valence-electron chi connectivity index (χ3n) is 5.36. The van der Waals surface area contributed by atoms with E-state index in [4.69, 9.17) is 4.74 Å². The lowest BCUT2D eigenvalue weighted by Gasteiger charge is -2.22. The lowest BCUT2D eigenvalue weighted by Crippen LogP contribution is -2.38. The molecule has 4 heteroatoms. The summed E-state index contributed by atoms with van der Waals surface area (Å²) >= 11 is 0. The summed E-state index contributed by atoms with van der Waals surface area (Å²) in [5.74, 6) is -0.522. The van der Waals surface area contributed by atoms with Crippen molar-refractivity contribution in [1.82, 2.24) is 0 Å². The van der Waals surface area contributed by atoms with Gasteiger partial charge in [0.1, 0.15) is 5.75 Å². The summed E-state index contributed by atoms with van der Waals surface area (Å²) in [5.41, 5.74) is 4.70. The molecule has 0 bridgehead atoms. The molecule has 4 nitrogen and oxygen atoms in total. The maximum atomic E-state index is 12.7. The molecule has 31 heavy (non-hydrogen) atoms. The third-order valence-corrected chi connectivity index (χ3v) is 5.36. The van der Waals surface area contributed by atoms with Crippen LogP contribution >= 0.6 is 0 Å². The number of Topliss-reactive ketones (excluding diaryl/α,β-unsaturated/α-hetero) is 1. The zero-order valence-corrected chi connectivity index (χ0v) is 18.4. The van der Waals surface area contributed by atoms with Gasteiger partial charge in [-0.2, -0.15) is 0 Å². The van der Waals surface area contributed by atoms with E-state index in [1.807, 2.05) is 6.92 Å². The number of carbonyl (C=O) groups is 2. The molecule has 0 aliphatic carbocycles. The van der Waals surface area contributed by atoms with Crippen molar-refractivity contribution in [3.8, 4) is 16.9 Å². The zero-order valence-electron chi connectivity index (χ0n) is 18.4. The number of benzene rings is 3. The fourth-order valence-electron chi connectivity index (χ4n) is 3.27. The lowest BCUT2D eigenvalue weighted by molar-refractivity contribution is -0.152. The number of rotatable bonds is 8. The molecular formula is C27H28O4. The van der Waals surface area contributed by atoms with E-state index >= 15 is 0 Å². The van der Waals surface area contributed by atoms with Crippen molar-refractivity contribution in [3.05, 3.63) is 89.0 Å². The molecule has 0 aliphatic rings. The Labute approximate surface area is 183 Å². The van der Waals surface area contributed by atoms with Gasteiger partial charge in [-0.1, -0.05) is 54.1 Å². The van der Waals surface area contributed by atoms with Crippen LogP contribution < -0.4 is 4.74 Å². The van der Waals surface area contributed by atoms with Crippen LogP contribution in [0.1, 0.15) is 47.3 Å². The first kappa shape index (κ1) is 22.3. The first-order valence-electron chi connectivity index (χ1n) is 10.4. The highest BCUT2D eigenvalue weighted by Gasteiger charge is 2.30. The topological polar surface area (TPSA) is 63.6 Å². The normalized spacial score (nSPS) is 11.2. The summed E-state index contributed by atoms with van der Waals surface area (Å²) in [4.78, 5) is 23.9. The number of ketones is 1. The predicted molar refractivity (Wildman–Crippen MR) is 123 cm³/mol. The maximum Gasteiger partial charge on any atom is 0.347 e. The average Bonchev–Trinajstić information content (AvgIpc) is 2.74. The van der Waals surface area contributed by atoms with Crippen LogP contribution in [0.3, 0.4) is 0 Å². The molecule has 0 unspecified atom stereocenters. The molecule has 1 N–H and O–H groups in total. The SMILES string of the molecule is Cc1ccc(-c2ccc(CCC(=O)c3ccc(OC(C)(C)C(=O)O)c(C)c3)cc2)cc1. The van der Waals surface area contributed by atoms with Crippen molar-refractivity contribution >= 4 is 11.8 Å². The maximum absolute atomic E-state index is 12.7. The highest BCUT2D eigenvalue weighted by molar-refractivity contribution is 5.96. The Morgan fingerprint density at radius 2 is 1.45 bits per heavy atom. The van der Waals surface area contributed by atoms with Crippen molar-refractivity contribution in [3.63, 3.8) is 0 Å². The van der Waals surface area contributed by atoms with E-state index in [0.29, 0.717) is 24.2 Å². The van der Waals surface area contributed by atoms with E-state index in [2.05, 4.69) is 55.5 Å². The number of carbonyl (C=O) groups excluding carboxylic acids is 1. The Morgan fingerprint density at radius 3 is 2.00 bits per heavy atom. The van der Waals surface area contributed by atoms with Gasteiger partial charge >= 0.3 is 5.97 Å². The van der Waals surface area contributed by atoms with Crippen LogP contribution in [0.2, 0.25) is 0 Å². The molecular weight excluding hydrogens is 388 g/mol. The van der Waals surface area contributed by atoms with Gasteiger partial charge in [0.25, 0.3) is 0 Å². The highest BCUT2D eigenvalue weighted by Crippen LogP contribution is 2.25. The molecule has 0 spiro atoms. The summed E-state index contributed by atoms with van der Waals surface area (Å²) < 4.78 is 5.60. The van der Waals surface area contributed by atoms with E-state index in [9.17, 15) is 14.7 Å². The zero-order chi connectivity index (χ0) is 22.6. The number of carboxylic acids is 1. The Kier molecular flexibility index (Phi) is 6.59. The van der Waals surface area contributed by atoms with Crippen LogP contribution in [-0.2, 0) is 11.2 Å². The molecule has 0 heterocycles. The molecule has 0 fully saturated rings. The van der Waals surface area contributed by atoms with E-state index in [0.717, 1.165) is 16.7 Å². The van der Waals surface area contributed by atoms with Gasteiger partial charge in [-0.15, -0.1) is 0 Å². The van der Waals surface area contributed by atoms with Gasteiger partial charge in [-0.3, -0.25) is 4.79 Å². The molecule has 3 aromatic rings. The van der Waals surface area contributed by atoms with Crippen LogP contribution in [0.15, 0.2) is 66.7 Å². The van der Waals surface area contributed by atoms with Gasteiger partial charge in [0.05, 0.1) is 0 Å². The average molecular weight is 417 g/mol. The van der Waals surface area contributed by atoms with Crippen LogP contribution in [0.4, 0.5) is 0 Å². The predicted octanol–water partition coefficient (Wildman–Crippen LogP) is 6.03. The molecule has 0 atom stereocenters. The van der Waals surface area contributed by atoms with Crippen LogP contribution in [0.25, 0.3) is 11.1 Å². The van der Waals surface area contributed by atoms with Crippen molar-refractivity contribution < 1.29 is 19.4 Å². The van der Waals surface area contributed by atoms with E-state index in [1.165, 1.54) is 25.0 Å². The Balaban J connectivity index is 1.62. The minimum Gasteiger partial charge on any atom is -0.478 e. The minimum absolute atomic E-state index is 0.0507. The number of carboxylic acid groups (broad SMARTS) is 1. The van der Waals surface area contributed by atoms with E-state index < -0.39 is 11.6 Å². The minimum atomic E-state index is -1.33. The van der Waals surface area contributed by atoms with Gasteiger partial charge in [-0.05, 0) is 74.6 Å². The fourth-order valence-corrected chi connectivity index (χ4v) is 3.27. The van der Waals surface area contributed by atoms with Crippen molar-refractivity contribution in [1.29, 1.82) is 0 Å². The van der Waals surface area contributed by atoms with Crippen molar-refractivity contribution in [2.75, 3.05) is 0 Å². The monoisotopic (exact) mass is 416 g/mol. The second-order valence-electron chi connectivity index (χ2n) is 8.38. The number of hydrogen-bond donors (Lipinski definition) is 1. The number of hydrogen-bond acceptors (Lipinski definition) is 3. The Bertz CT molecular complexity index is 1080. The number of aryl methyl sites for hydroxylation is 3. The van der Waals surface area contributed by atoms with Crippen molar-refractivity contribution in [2.24, 2.45) is 0 Å². The van der Waals surface area contributed by atoms with Gasteiger partial charge in [0.15, 0.2) is 11.4 Å². The number of ether oxygens (including phenoxy) is 1. The summed E-state index contributed by atoms with van der Waals surface area (Å²) in [5, 5.41) is 9.23. The number of aliphatic carboxylic acids is 1. The highest BCUT2D eigenvalue weighted by atomic mass is 16.5. The van der Waals surface area contributed by atoms with Gasteiger partial charge in [0.2, 0.25) is 0 Å². The Morgan fingerprint density at radius 1 is 0.871 bits per heavy atom. The summed E-state index contributed by atoms with van der Waals surface area (Å²) in [7, 11) is 0. The first-order valence-corrected chi connectivity index (χ1v) is 10.4. The van der Waals surface area contributed by atoms with Gasteiger partial charge in [0, 0.05) is 12.0 Å². The first-order chi connectivity index (χ1) is 14.7. The molecule has 0 amide bonds. The summed E-state index contributed by atoms with van der Waals surface area (Å²) in [6.45, 7) is 6.88. The summed E-state index contributed by atoms with van der Waals surface area (Å²) in [6.07, 6.45) is 1.07. The standard InChI is InChI=1S/C27H28O4/c1-18-5-10-21(11-6-18)22-12-7-20(8-13-22)9-15-24(28)23-14-16-25(19(2)17-23)31-27(3,4)26(29)30/h5-8,10-14,16-17H,9,15H2,1-4H3,(H,29,30). The van der Waals surface area contributed by atoms with Crippen LogP contribution in [-0.4, -0.2) is 22.5 Å². The second kappa shape index (κ2) is 9.17. The van der Waals surface area contributed by atoms with Crippen LogP contribution in [0, 0.1) is 13.8 Å². The van der Waals surface area contributed by atoms with Crippen LogP contribution in [0.5, 0.6) is 5.75 Å². The molecule has 0 aliphatic heterocycles. The largest absolute Gasteiger partial charge is 0.478 e. The molecule has 160 valence electrons. The molecule has 0 aromatic heterocycles. The molecule has 0 radical (unpaired) electrons. The van der Waals surface area contributed by atoms with Gasteiger partial charge < -0.3 is 9.84 Å². The molecule has 3 aromatic carbocycles. The molecule has 3 rings (SSSR count). The van der Waals surface area contributed by atoms with Crippen molar-refractivity contribution in [2.45, 2.75) is 46.1 Å². The van der Waals surface area contributed by atoms with E-state index in [1.54, 1.807) is 18.2 Å². The second-order valence-corrected chi connectivity index (χ2v) is 8.38. The Hall–Kier alpha value is -3.40. The quantitative estimate of drug-likeness (QED) is 0.456. The summed E-state index contributed by atoms with van der Waals surface area (Å²) in [6, 6.07) is 21.9.